The Hall–Kier alpha value is -0.570. The Kier molecular flexibility index (Phi) is 5.60. The lowest BCUT2D eigenvalue weighted by atomic mass is 9.87. The van der Waals surface area contributed by atoms with Crippen LogP contribution in [0.3, 0.4) is 0 Å². The van der Waals surface area contributed by atoms with Crippen LogP contribution in [0.15, 0.2) is 0 Å². The maximum atomic E-state index is 11.4. The Morgan fingerprint density at radius 2 is 2.07 bits per heavy atom. The van der Waals surface area contributed by atoms with E-state index >= 15 is 0 Å². The largest absolute Gasteiger partial charge is 0.383 e. The molecule has 1 fully saturated rings. The summed E-state index contributed by atoms with van der Waals surface area (Å²) in [7, 11) is 1.65. The molecule has 1 aliphatic carbocycles. The van der Waals surface area contributed by atoms with Gasteiger partial charge in [0.1, 0.15) is 0 Å². The quantitative estimate of drug-likeness (QED) is 0.685. The van der Waals surface area contributed by atoms with Gasteiger partial charge < -0.3 is 10.1 Å². The van der Waals surface area contributed by atoms with Gasteiger partial charge in [0.25, 0.3) is 0 Å². The molecule has 0 aromatic carbocycles. The highest BCUT2D eigenvalue weighted by Gasteiger charge is 2.16. The SMILES string of the molecule is COCCNC(=O)CC1CCCCC1. The topological polar surface area (TPSA) is 38.3 Å². The average Bonchev–Trinajstić information content (AvgIpc) is 2.20. The number of ether oxygens (including phenoxy) is 1. The summed E-state index contributed by atoms with van der Waals surface area (Å²) in [5, 5.41) is 2.87. The van der Waals surface area contributed by atoms with E-state index in [1.807, 2.05) is 0 Å². The molecule has 0 saturated heterocycles. The Morgan fingerprint density at radius 3 is 2.71 bits per heavy atom. The van der Waals surface area contributed by atoms with Crippen LogP contribution < -0.4 is 5.32 Å². The fourth-order valence-corrected chi connectivity index (χ4v) is 2.02. The van der Waals surface area contributed by atoms with E-state index in [1.54, 1.807) is 7.11 Å². The van der Waals surface area contributed by atoms with E-state index in [9.17, 15) is 4.79 Å². The van der Waals surface area contributed by atoms with Crippen LogP contribution in [0.25, 0.3) is 0 Å². The van der Waals surface area contributed by atoms with Gasteiger partial charge in [-0.2, -0.15) is 0 Å². The second kappa shape index (κ2) is 6.82. The molecule has 1 saturated carbocycles. The number of hydrogen-bond acceptors (Lipinski definition) is 2. The fraction of sp³-hybridized carbons (Fsp3) is 0.909. The summed E-state index contributed by atoms with van der Waals surface area (Å²) in [5.41, 5.74) is 0. The predicted molar refractivity (Wildman–Crippen MR) is 56.1 cm³/mol. The minimum absolute atomic E-state index is 0.189. The van der Waals surface area contributed by atoms with Gasteiger partial charge in [-0.1, -0.05) is 19.3 Å². The summed E-state index contributed by atoms with van der Waals surface area (Å²) >= 11 is 0. The monoisotopic (exact) mass is 199 g/mol. The molecule has 0 bridgehead atoms. The van der Waals surface area contributed by atoms with Crippen molar-refractivity contribution in [3.63, 3.8) is 0 Å². The predicted octanol–water partition coefficient (Wildman–Crippen LogP) is 1.72. The van der Waals surface area contributed by atoms with E-state index in [-0.39, 0.29) is 5.91 Å². The van der Waals surface area contributed by atoms with Crippen LogP contribution in [-0.2, 0) is 9.53 Å². The van der Waals surface area contributed by atoms with Crippen molar-refractivity contribution in [2.45, 2.75) is 38.5 Å². The van der Waals surface area contributed by atoms with Crippen molar-refractivity contribution in [3.8, 4) is 0 Å². The zero-order valence-electron chi connectivity index (χ0n) is 9.05. The maximum absolute atomic E-state index is 11.4. The molecule has 14 heavy (non-hydrogen) atoms. The number of hydrogen-bond donors (Lipinski definition) is 1. The van der Waals surface area contributed by atoms with Gasteiger partial charge in [0.05, 0.1) is 6.61 Å². The lowest BCUT2D eigenvalue weighted by Crippen LogP contribution is -2.29. The minimum Gasteiger partial charge on any atom is -0.383 e. The molecule has 0 atom stereocenters. The van der Waals surface area contributed by atoms with Crippen molar-refractivity contribution in [1.82, 2.24) is 5.32 Å². The third-order valence-corrected chi connectivity index (χ3v) is 2.83. The molecular weight excluding hydrogens is 178 g/mol. The molecule has 82 valence electrons. The van der Waals surface area contributed by atoms with Gasteiger partial charge in [0.2, 0.25) is 5.91 Å². The first-order valence-electron chi connectivity index (χ1n) is 5.58. The molecule has 3 heteroatoms. The Morgan fingerprint density at radius 1 is 1.36 bits per heavy atom. The Balaban J connectivity index is 2.06. The van der Waals surface area contributed by atoms with Crippen LogP contribution in [0.2, 0.25) is 0 Å². The van der Waals surface area contributed by atoms with Crippen LogP contribution >= 0.6 is 0 Å². The van der Waals surface area contributed by atoms with E-state index in [2.05, 4.69) is 5.32 Å². The molecule has 0 radical (unpaired) electrons. The van der Waals surface area contributed by atoms with Crippen LogP contribution in [0.5, 0.6) is 0 Å². The molecular formula is C11H21NO2. The van der Waals surface area contributed by atoms with Gasteiger partial charge in [0, 0.05) is 20.1 Å². The first-order valence-corrected chi connectivity index (χ1v) is 5.58. The van der Waals surface area contributed by atoms with Gasteiger partial charge in [-0.3, -0.25) is 4.79 Å². The van der Waals surface area contributed by atoms with Gasteiger partial charge in [-0.15, -0.1) is 0 Å². The Bertz CT molecular complexity index is 165. The molecule has 0 heterocycles. The number of rotatable bonds is 5. The number of nitrogens with one attached hydrogen (secondary N) is 1. The van der Waals surface area contributed by atoms with Crippen LogP contribution in [-0.4, -0.2) is 26.2 Å². The molecule has 0 aromatic heterocycles. The highest BCUT2D eigenvalue weighted by atomic mass is 16.5. The Labute approximate surface area is 86.2 Å². The summed E-state index contributed by atoms with van der Waals surface area (Å²) in [6, 6.07) is 0. The third-order valence-electron chi connectivity index (χ3n) is 2.83. The average molecular weight is 199 g/mol. The lowest BCUT2D eigenvalue weighted by molar-refractivity contribution is -0.122. The van der Waals surface area contributed by atoms with Crippen molar-refractivity contribution in [2.24, 2.45) is 5.92 Å². The van der Waals surface area contributed by atoms with Crippen molar-refractivity contribution >= 4 is 5.91 Å². The molecule has 0 aliphatic heterocycles. The molecule has 3 nitrogen and oxygen atoms in total. The first kappa shape index (κ1) is 11.5. The van der Waals surface area contributed by atoms with Crippen molar-refractivity contribution in [1.29, 1.82) is 0 Å². The zero-order chi connectivity index (χ0) is 10.2. The van der Waals surface area contributed by atoms with Crippen LogP contribution in [0.4, 0.5) is 0 Å². The summed E-state index contributed by atoms with van der Waals surface area (Å²) in [4.78, 5) is 11.4. The molecule has 0 unspecified atom stereocenters. The summed E-state index contributed by atoms with van der Waals surface area (Å²) in [5.74, 6) is 0.820. The van der Waals surface area contributed by atoms with Crippen molar-refractivity contribution < 1.29 is 9.53 Å². The molecule has 0 aromatic rings. The van der Waals surface area contributed by atoms with Crippen molar-refractivity contribution in [2.75, 3.05) is 20.3 Å². The first-order chi connectivity index (χ1) is 6.83. The normalized spacial score (nSPS) is 18.1. The van der Waals surface area contributed by atoms with Gasteiger partial charge >= 0.3 is 0 Å². The molecule has 1 rings (SSSR count). The molecule has 1 aliphatic rings. The smallest absolute Gasteiger partial charge is 0.220 e. The van der Waals surface area contributed by atoms with Crippen LogP contribution in [0, 0.1) is 5.92 Å². The molecule has 0 spiro atoms. The highest BCUT2D eigenvalue weighted by molar-refractivity contribution is 5.76. The molecule has 1 amide bonds. The number of methoxy groups -OCH3 is 1. The second-order valence-electron chi connectivity index (χ2n) is 4.05. The summed E-state index contributed by atoms with van der Waals surface area (Å²) in [6.45, 7) is 1.25. The van der Waals surface area contributed by atoms with E-state index in [0.29, 0.717) is 25.5 Å². The summed E-state index contributed by atoms with van der Waals surface area (Å²) < 4.78 is 4.87. The van der Waals surface area contributed by atoms with Crippen LogP contribution in [0.1, 0.15) is 38.5 Å². The van der Waals surface area contributed by atoms with Crippen molar-refractivity contribution in [3.05, 3.63) is 0 Å². The number of carbonyl (C=O) groups excluding carboxylic acids is 1. The lowest BCUT2D eigenvalue weighted by Gasteiger charge is -2.20. The van der Waals surface area contributed by atoms with Gasteiger partial charge in [-0.05, 0) is 18.8 Å². The minimum atomic E-state index is 0.189. The highest BCUT2D eigenvalue weighted by Crippen LogP contribution is 2.25. The van der Waals surface area contributed by atoms with Gasteiger partial charge in [-0.25, -0.2) is 0 Å². The van der Waals surface area contributed by atoms with E-state index < -0.39 is 0 Å². The number of carbonyl (C=O) groups is 1. The van der Waals surface area contributed by atoms with Gasteiger partial charge in [0.15, 0.2) is 0 Å². The van der Waals surface area contributed by atoms with E-state index in [0.717, 1.165) is 0 Å². The van der Waals surface area contributed by atoms with E-state index in [4.69, 9.17) is 4.74 Å². The maximum Gasteiger partial charge on any atom is 0.220 e. The third kappa shape index (κ3) is 4.61. The fourth-order valence-electron chi connectivity index (χ4n) is 2.02. The number of amides is 1. The molecule has 1 N–H and O–H groups in total. The standard InChI is InChI=1S/C11H21NO2/c1-14-8-7-12-11(13)9-10-5-3-2-4-6-10/h10H,2-9H2,1H3,(H,12,13). The summed E-state index contributed by atoms with van der Waals surface area (Å²) in [6.07, 6.45) is 7.13. The van der Waals surface area contributed by atoms with E-state index in [1.165, 1.54) is 32.1 Å². The zero-order valence-corrected chi connectivity index (χ0v) is 9.05. The second-order valence-corrected chi connectivity index (χ2v) is 4.05.